The number of carbonyl (C=O) groups excluding carboxylic acids is 1. The van der Waals surface area contributed by atoms with Crippen molar-refractivity contribution in [3.63, 3.8) is 0 Å². The van der Waals surface area contributed by atoms with Crippen molar-refractivity contribution in [2.75, 3.05) is 25.9 Å². The number of phenolic OH excluding ortho intramolecular Hbond substituents is 1. The molecule has 2 heterocycles. The van der Waals surface area contributed by atoms with Gasteiger partial charge in [-0.3, -0.25) is 4.79 Å². The average molecular weight is 435 g/mol. The number of aromatic nitrogens is 1. The summed E-state index contributed by atoms with van der Waals surface area (Å²) in [6.07, 6.45) is 3.75. The van der Waals surface area contributed by atoms with Gasteiger partial charge in [0, 0.05) is 48.6 Å². The number of aliphatic hydroxyl groups is 1. The molecule has 1 amide bonds. The van der Waals surface area contributed by atoms with E-state index in [4.69, 9.17) is 28.2 Å². The number of phenols is 1. The number of nitrogens with two attached hydrogens (primary N) is 2. The van der Waals surface area contributed by atoms with E-state index in [1.54, 1.807) is 35.2 Å². The van der Waals surface area contributed by atoms with Gasteiger partial charge in [-0.2, -0.15) is 0 Å². The minimum absolute atomic E-state index is 0.0715. The summed E-state index contributed by atoms with van der Waals surface area (Å²) >= 11 is 6.54. The van der Waals surface area contributed by atoms with Crippen molar-refractivity contribution in [1.82, 2.24) is 9.88 Å². The predicted molar refractivity (Wildman–Crippen MR) is 124 cm³/mol. The molecule has 30 heavy (non-hydrogen) atoms. The van der Waals surface area contributed by atoms with Gasteiger partial charge in [-0.15, -0.1) is 0 Å². The molecule has 1 saturated heterocycles. The predicted octanol–water partition coefficient (Wildman–Crippen LogP) is 3.55. The summed E-state index contributed by atoms with van der Waals surface area (Å²) in [6.45, 7) is 8.73. The molecule has 0 radical (unpaired) electrons. The Balaban J connectivity index is 0.00000106. The largest absolute Gasteiger partial charge is 0.507 e. The first kappa shape index (κ1) is 25.1. The average Bonchev–Trinajstić information content (AvgIpc) is 3.37. The van der Waals surface area contributed by atoms with E-state index in [1.165, 1.54) is 6.08 Å². The van der Waals surface area contributed by atoms with Crippen LogP contribution in [0.25, 0.3) is 11.8 Å². The van der Waals surface area contributed by atoms with E-state index in [-0.39, 0.29) is 17.6 Å². The first-order valence-electron chi connectivity index (χ1n) is 9.70. The summed E-state index contributed by atoms with van der Waals surface area (Å²) in [5.41, 5.74) is 14.5. The summed E-state index contributed by atoms with van der Waals surface area (Å²) in [6, 6.07) is 6.78. The monoisotopic (exact) mass is 434 g/mol. The van der Waals surface area contributed by atoms with Crippen LogP contribution in [0.5, 0.6) is 5.75 Å². The third-order valence-electron chi connectivity index (χ3n) is 4.63. The van der Waals surface area contributed by atoms with Crippen LogP contribution in [0.3, 0.4) is 0 Å². The number of rotatable bonds is 4. The van der Waals surface area contributed by atoms with Crippen molar-refractivity contribution in [3.05, 3.63) is 58.8 Å². The van der Waals surface area contributed by atoms with Crippen molar-refractivity contribution >= 4 is 35.1 Å². The summed E-state index contributed by atoms with van der Waals surface area (Å²) < 4.78 is 0. The fourth-order valence-electron chi connectivity index (χ4n) is 3.23. The molecule has 0 saturated carbocycles. The van der Waals surface area contributed by atoms with Gasteiger partial charge in [-0.1, -0.05) is 44.2 Å². The van der Waals surface area contributed by atoms with Crippen LogP contribution in [-0.2, 0) is 4.79 Å². The van der Waals surface area contributed by atoms with Crippen molar-refractivity contribution < 1.29 is 15.0 Å². The number of H-pyrrole nitrogens is 1. The van der Waals surface area contributed by atoms with Crippen LogP contribution in [0, 0.1) is 0 Å². The van der Waals surface area contributed by atoms with Gasteiger partial charge in [0.2, 0.25) is 5.91 Å². The zero-order valence-corrected chi connectivity index (χ0v) is 18.4. The lowest BCUT2D eigenvalue weighted by Gasteiger charge is -2.13. The minimum Gasteiger partial charge on any atom is -0.507 e. The van der Waals surface area contributed by atoms with Crippen LogP contribution in [0.4, 0.5) is 5.82 Å². The van der Waals surface area contributed by atoms with E-state index >= 15 is 0 Å². The number of likely N-dealkylation sites (tertiary alicyclic amines) is 1. The summed E-state index contributed by atoms with van der Waals surface area (Å²) in [5, 5.41) is 17.4. The zero-order chi connectivity index (χ0) is 22.8. The maximum Gasteiger partial charge on any atom is 0.245 e. The number of hydrogen-bond acceptors (Lipinski definition) is 5. The molecular formula is C22H31ClN4O3. The normalized spacial score (nSPS) is 15.6. The zero-order valence-electron chi connectivity index (χ0n) is 17.7. The number of para-hydroxylation sites is 1. The number of carbonyl (C=O) groups is 1. The van der Waals surface area contributed by atoms with Gasteiger partial charge in [0.1, 0.15) is 11.6 Å². The van der Waals surface area contributed by atoms with Crippen molar-refractivity contribution in [1.29, 1.82) is 0 Å². The quantitative estimate of drug-likeness (QED) is 0.470. The first-order valence-corrected chi connectivity index (χ1v) is 10.1. The second kappa shape index (κ2) is 11.9. The molecule has 8 heteroatoms. The SMILES string of the molecule is C=CC(=O)N1CCC(c2[nH]c(N)c(/C=C(\N)c3ccccc3O)c2Cl)C1.CC.CO. The molecule has 1 aromatic heterocycles. The van der Waals surface area contributed by atoms with Gasteiger partial charge in [-0.05, 0) is 30.7 Å². The lowest BCUT2D eigenvalue weighted by Crippen LogP contribution is -2.26. The van der Waals surface area contributed by atoms with Crippen LogP contribution in [0.1, 0.15) is 43.0 Å². The van der Waals surface area contributed by atoms with Gasteiger partial charge in [0.05, 0.1) is 5.02 Å². The number of aliphatic hydroxyl groups excluding tert-OH is 1. The maximum atomic E-state index is 11.8. The lowest BCUT2D eigenvalue weighted by atomic mass is 10.0. The topological polar surface area (TPSA) is 129 Å². The van der Waals surface area contributed by atoms with E-state index in [0.29, 0.717) is 40.8 Å². The minimum atomic E-state index is -0.0907. The van der Waals surface area contributed by atoms with E-state index in [9.17, 15) is 9.90 Å². The van der Waals surface area contributed by atoms with Crippen molar-refractivity contribution in [3.8, 4) is 5.75 Å². The molecule has 2 aromatic rings. The third-order valence-corrected chi connectivity index (χ3v) is 5.04. The van der Waals surface area contributed by atoms with E-state index < -0.39 is 0 Å². The van der Waals surface area contributed by atoms with Crippen molar-refractivity contribution in [2.45, 2.75) is 26.2 Å². The van der Waals surface area contributed by atoms with Gasteiger partial charge in [0.15, 0.2) is 0 Å². The highest BCUT2D eigenvalue weighted by Gasteiger charge is 2.30. The fraction of sp³-hybridized carbons (Fsp3) is 0.318. The lowest BCUT2D eigenvalue weighted by molar-refractivity contribution is -0.125. The molecule has 0 spiro atoms. The molecule has 0 aliphatic carbocycles. The molecule has 7 nitrogen and oxygen atoms in total. The highest BCUT2D eigenvalue weighted by Crippen LogP contribution is 2.38. The van der Waals surface area contributed by atoms with Crippen molar-refractivity contribution in [2.24, 2.45) is 5.73 Å². The Kier molecular flexibility index (Phi) is 10.0. The Labute approximate surface area is 182 Å². The molecular weight excluding hydrogens is 404 g/mol. The van der Waals surface area contributed by atoms with Crippen LogP contribution >= 0.6 is 11.6 Å². The van der Waals surface area contributed by atoms with E-state index in [2.05, 4.69) is 11.6 Å². The highest BCUT2D eigenvalue weighted by atomic mass is 35.5. The maximum absolute atomic E-state index is 11.8. The number of anilines is 1. The summed E-state index contributed by atoms with van der Waals surface area (Å²) in [5.74, 6) is 0.465. The fourth-order valence-corrected chi connectivity index (χ4v) is 3.59. The molecule has 164 valence electrons. The van der Waals surface area contributed by atoms with E-state index in [1.807, 2.05) is 13.8 Å². The van der Waals surface area contributed by atoms with Gasteiger partial charge in [0.25, 0.3) is 0 Å². The molecule has 3 rings (SSSR count). The Morgan fingerprint density at radius 3 is 2.57 bits per heavy atom. The Morgan fingerprint density at radius 1 is 1.33 bits per heavy atom. The van der Waals surface area contributed by atoms with Crippen LogP contribution in [-0.4, -0.2) is 46.2 Å². The van der Waals surface area contributed by atoms with Crippen LogP contribution in [0.15, 0.2) is 36.9 Å². The van der Waals surface area contributed by atoms with Gasteiger partial charge in [-0.25, -0.2) is 0 Å². The highest BCUT2D eigenvalue weighted by molar-refractivity contribution is 6.33. The molecule has 1 aliphatic heterocycles. The third kappa shape index (κ3) is 5.58. The van der Waals surface area contributed by atoms with Gasteiger partial charge >= 0.3 is 0 Å². The Bertz CT molecular complexity index is 893. The number of aromatic amines is 1. The number of hydrogen-bond donors (Lipinski definition) is 5. The number of nitrogens with zero attached hydrogens (tertiary/aromatic N) is 1. The molecule has 1 fully saturated rings. The molecule has 1 atom stereocenters. The molecule has 1 aromatic carbocycles. The number of aromatic hydroxyl groups is 1. The second-order valence-corrected chi connectivity index (χ2v) is 6.65. The number of halogens is 1. The van der Waals surface area contributed by atoms with E-state index in [0.717, 1.165) is 19.2 Å². The molecule has 0 bridgehead atoms. The first-order chi connectivity index (χ1) is 14.4. The standard InChI is InChI=1S/C19H21ClN4O2.C2H6.CH4O/c1-2-16(26)24-8-7-11(10-24)18-17(20)13(19(22)23-18)9-14(21)12-5-3-4-6-15(12)25;2*1-2/h2-6,9,11,23,25H,1,7-8,10,21-22H2;1-2H3;2H,1H3/b14-9-;;. The van der Waals surface area contributed by atoms with Crippen LogP contribution < -0.4 is 11.5 Å². The number of nitrogen functional groups attached to an aromatic ring is 1. The Hall–Kier alpha value is -2.90. The summed E-state index contributed by atoms with van der Waals surface area (Å²) in [4.78, 5) is 16.6. The Morgan fingerprint density at radius 2 is 1.97 bits per heavy atom. The molecule has 1 aliphatic rings. The number of benzene rings is 1. The summed E-state index contributed by atoms with van der Waals surface area (Å²) in [7, 11) is 1.00. The number of nitrogens with one attached hydrogen (secondary N) is 1. The van der Waals surface area contributed by atoms with Crippen LogP contribution in [0.2, 0.25) is 5.02 Å². The molecule has 1 unspecified atom stereocenters. The second-order valence-electron chi connectivity index (χ2n) is 6.27. The van der Waals surface area contributed by atoms with Gasteiger partial charge < -0.3 is 31.6 Å². The smallest absolute Gasteiger partial charge is 0.245 e. The number of amides is 1. The molecule has 7 N–H and O–H groups in total.